The second-order valence-electron chi connectivity index (χ2n) is 4.20. The summed E-state index contributed by atoms with van der Waals surface area (Å²) in [5.41, 5.74) is 0.774. The molecule has 0 bridgehead atoms. The molecule has 0 unspecified atom stereocenters. The van der Waals surface area contributed by atoms with E-state index in [9.17, 15) is 9.59 Å². The van der Waals surface area contributed by atoms with Gasteiger partial charge in [0.25, 0.3) is 5.56 Å². The highest BCUT2D eigenvalue weighted by Crippen LogP contribution is 2.05. The third-order valence-corrected chi connectivity index (χ3v) is 2.90. The second kappa shape index (κ2) is 6.14. The summed E-state index contributed by atoms with van der Waals surface area (Å²) < 4.78 is 8.06. The van der Waals surface area contributed by atoms with Gasteiger partial charge in [-0.15, -0.1) is 5.10 Å². The molecule has 0 aliphatic carbocycles. The maximum absolute atomic E-state index is 11.6. The molecule has 0 atom stereocenters. The Morgan fingerprint density at radius 1 is 1.35 bits per heavy atom. The van der Waals surface area contributed by atoms with E-state index < -0.39 is 5.97 Å². The van der Waals surface area contributed by atoms with E-state index in [0.29, 0.717) is 25.4 Å². The molecule has 0 spiro atoms. The van der Waals surface area contributed by atoms with Gasteiger partial charge in [-0.05, 0) is 19.9 Å². The first kappa shape index (κ1) is 14.0. The number of carbonyl (C=O) groups is 1. The molecule has 0 fully saturated rings. The molecule has 2 heterocycles. The molecule has 106 valence electrons. The Balaban J connectivity index is 2.10. The number of hydrogen-bond acceptors (Lipinski definition) is 5. The predicted octanol–water partition coefficient (Wildman–Crippen LogP) is 0.625. The van der Waals surface area contributed by atoms with Gasteiger partial charge in [-0.25, -0.2) is 9.48 Å². The molecule has 0 amide bonds. The smallest absolute Gasteiger partial charge is 0.360 e. The minimum Gasteiger partial charge on any atom is -0.461 e. The lowest BCUT2D eigenvalue weighted by Gasteiger charge is -2.06. The minimum absolute atomic E-state index is 0.0733. The first-order chi connectivity index (χ1) is 9.63. The molecule has 0 saturated heterocycles. The monoisotopic (exact) mass is 276 g/mol. The normalized spacial score (nSPS) is 10.5. The van der Waals surface area contributed by atoms with Crippen LogP contribution in [0.4, 0.5) is 0 Å². The van der Waals surface area contributed by atoms with Crippen molar-refractivity contribution in [1.29, 1.82) is 0 Å². The summed E-state index contributed by atoms with van der Waals surface area (Å²) >= 11 is 0. The Morgan fingerprint density at radius 2 is 2.15 bits per heavy atom. The van der Waals surface area contributed by atoms with Crippen molar-refractivity contribution in [3.63, 3.8) is 0 Å². The molecule has 7 heteroatoms. The van der Waals surface area contributed by atoms with Crippen molar-refractivity contribution in [1.82, 2.24) is 19.6 Å². The third-order valence-electron chi connectivity index (χ3n) is 2.90. The lowest BCUT2D eigenvalue weighted by atomic mass is 10.3. The zero-order chi connectivity index (χ0) is 14.5. The van der Waals surface area contributed by atoms with Crippen molar-refractivity contribution in [3.8, 4) is 0 Å². The van der Waals surface area contributed by atoms with Crippen LogP contribution in [0.1, 0.15) is 23.1 Å². The maximum atomic E-state index is 11.6. The molecular weight excluding hydrogens is 260 g/mol. The number of esters is 1. The van der Waals surface area contributed by atoms with Gasteiger partial charge in [0, 0.05) is 18.8 Å². The van der Waals surface area contributed by atoms with Crippen LogP contribution >= 0.6 is 0 Å². The molecule has 2 aromatic rings. The van der Waals surface area contributed by atoms with E-state index in [1.165, 1.54) is 6.07 Å². The SMILES string of the molecule is CCOC(=O)c1nnn(CCn2ccccc2=O)c1C. The van der Waals surface area contributed by atoms with Gasteiger partial charge < -0.3 is 9.30 Å². The minimum atomic E-state index is -0.479. The van der Waals surface area contributed by atoms with Crippen LogP contribution in [0.5, 0.6) is 0 Å². The van der Waals surface area contributed by atoms with Crippen molar-refractivity contribution < 1.29 is 9.53 Å². The summed E-state index contributed by atoms with van der Waals surface area (Å²) in [6, 6.07) is 4.98. The molecule has 0 radical (unpaired) electrons. The number of rotatable bonds is 5. The number of nitrogens with zero attached hydrogens (tertiary/aromatic N) is 4. The predicted molar refractivity (Wildman–Crippen MR) is 71.4 cm³/mol. The van der Waals surface area contributed by atoms with Crippen molar-refractivity contribution in [2.75, 3.05) is 6.61 Å². The van der Waals surface area contributed by atoms with Crippen molar-refractivity contribution in [3.05, 3.63) is 46.1 Å². The maximum Gasteiger partial charge on any atom is 0.360 e. The van der Waals surface area contributed by atoms with Crippen LogP contribution in [0.3, 0.4) is 0 Å². The van der Waals surface area contributed by atoms with Gasteiger partial charge in [-0.2, -0.15) is 0 Å². The fourth-order valence-corrected chi connectivity index (χ4v) is 1.81. The van der Waals surface area contributed by atoms with Crippen LogP contribution < -0.4 is 5.56 Å². The van der Waals surface area contributed by atoms with Crippen LogP contribution in [0, 0.1) is 6.92 Å². The Bertz CT molecular complexity index is 660. The second-order valence-corrected chi connectivity index (χ2v) is 4.20. The van der Waals surface area contributed by atoms with Gasteiger partial charge >= 0.3 is 5.97 Å². The van der Waals surface area contributed by atoms with E-state index in [0.717, 1.165) is 0 Å². The standard InChI is InChI=1S/C13H16N4O3/c1-3-20-13(19)12-10(2)17(15-14-12)9-8-16-7-5-4-6-11(16)18/h4-7H,3,8-9H2,1-2H3. The largest absolute Gasteiger partial charge is 0.461 e. The zero-order valence-corrected chi connectivity index (χ0v) is 11.4. The summed E-state index contributed by atoms with van der Waals surface area (Å²) in [5, 5.41) is 7.73. The van der Waals surface area contributed by atoms with Crippen molar-refractivity contribution in [2.24, 2.45) is 0 Å². The van der Waals surface area contributed by atoms with E-state index in [2.05, 4.69) is 10.3 Å². The number of carbonyl (C=O) groups excluding carboxylic acids is 1. The summed E-state index contributed by atoms with van der Waals surface area (Å²) in [4.78, 5) is 23.2. The summed E-state index contributed by atoms with van der Waals surface area (Å²) in [6.07, 6.45) is 1.71. The molecule has 0 N–H and O–H groups in total. The fraction of sp³-hybridized carbons (Fsp3) is 0.385. The average molecular weight is 276 g/mol. The van der Waals surface area contributed by atoms with Gasteiger partial charge in [0.05, 0.1) is 18.8 Å². The van der Waals surface area contributed by atoms with Gasteiger partial charge in [-0.1, -0.05) is 11.3 Å². The van der Waals surface area contributed by atoms with Crippen molar-refractivity contribution in [2.45, 2.75) is 26.9 Å². The summed E-state index contributed by atoms with van der Waals surface area (Å²) in [7, 11) is 0. The Kier molecular flexibility index (Phi) is 4.29. The van der Waals surface area contributed by atoms with E-state index in [1.54, 1.807) is 41.4 Å². The zero-order valence-electron chi connectivity index (χ0n) is 11.4. The van der Waals surface area contributed by atoms with Crippen molar-refractivity contribution >= 4 is 5.97 Å². The fourth-order valence-electron chi connectivity index (χ4n) is 1.81. The van der Waals surface area contributed by atoms with Crippen LogP contribution in [0.2, 0.25) is 0 Å². The van der Waals surface area contributed by atoms with Crippen LogP contribution in [-0.2, 0) is 17.8 Å². The first-order valence-corrected chi connectivity index (χ1v) is 6.36. The Morgan fingerprint density at radius 3 is 2.85 bits per heavy atom. The number of ether oxygens (including phenoxy) is 1. The average Bonchev–Trinajstić information content (AvgIpc) is 2.79. The Hall–Kier alpha value is -2.44. The van der Waals surface area contributed by atoms with E-state index >= 15 is 0 Å². The number of pyridine rings is 1. The van der Waals surface area contributed by atoms with E-state index in [4.69, 9.17) is 4.74 Å². The van der Waals surface area contributed by atoms with Gasteiger partial charge in [0.1, 0.15) is 0 Å². The van der Waals surface area contributed by atoms with Crippen LogP contribution in [-0.4, -0.2) is 32.1 Å². The van der Waals surface area contributed by atoms with Gasteiger partial charge in [0.15, 0.2) is 5.69 Å². The summed E-state index contributed by atoms with van der Waals surface area (Å²) in [6.45, 7) is 4.71. The topological polar surface area (TPSA) is 79.0 Å². The highest BCUT2D eigenvalue weighted by molar-refractivity contribution is 5.88. The highest BCUT2D eigenvalue weighted by Gasteiger charge is 2.17. The Labute approximate surface area is 115 Å². The lowest BCUT2D eigenvalue weighted by molar-refractivity contribution is 0.0518. The molecule has 2 rings (SSSR count). The quantitative estimate of drug-likeness (QED) is 0.748. The molecule has 20 heavy (non-hydrogen) atoms. The number of aromatic nitrogens is 4. The number of hydrogen-bond donors (Lipinski definition) is 0. The molecule has 0 saturated carbocycles. The molecular formula is C13H16N4O3. The van der Waals surface area contributed by atoms with Crippen LogP contribution in [0.15, 0.2) is 29.2 Å². The highest BCUT2D eigenvalue weighted by atomic mass is 16.5. The molecule has 0 aliphatic heterocycles. The van der Waals surface area contributed by atoms with Gasteiger partial charge in [-0.3, -0.25) is 4.79 Å². The molecule has 2 aromatic heterocycles. The van der Waals surface area contributed by atoms with Crippen LogP contribution in [0.25, 0.3) is 0 Å². The number of aryl methyl sites for hydroxylation is 2. The van der Waals surface area contributed by atoms with E-state index in [-0.39, 0.29) is 11.3 Å². The first-order valence-electron chi connectivity index (χ1n) is 6.36. The molecule has 7 nitrogen and oxygen atoms in total. The summed E-state index contributed by atoms with van der Waals surface area (Å²) in [5.74, 6) is -0.479. The lowest BCUT2D eigenvalue weighted by Crippen LogP contribution is -2.21. The molecule has 0 aliphatic rings. The third kappa shape index (κ3) is 2.93. The molecule has 0 aromatic carbocycles. The van der Waals surface area contributed by atoms with E-state index in [1.807, 2.05) is 0 Å². The van der Waals surface area contributed by atoms with Gasteiger partial charge in [0.2, 0.25) is 0 Å².